The molecule has 7 heteroatoms. The first kappa shape index (κ1) is 20.1. The van der Waals surface area contributed by atoms with Crippen molar-refractivity contribution >= 4 is 16.9 Å². The van der Waals surface area contributed by atoms with E-state index in [2.05, 4.69) is 6.07 Å². The Bertz CT molecular complexity index is 1130. The van der Waals surface area contributed by atoms with Crippen LogP contribution in [0.5, 0.6) is 0 Å². The minimum Gasteiger partial charge on any atom is -0.341 e. The molecule has 1 aromatic heterocycles. The van der Waals surface area contributed by atoms with Crippen LogP contribution in [0, 0.1) is 11.3 Å². The summed E-state index contributed by atoms with van der Waals surface area (Å²) >= 11 is 0. The highest BCUT2D eigenvalue weighted by molar-refractivity contribution is 5.89. The van der Waals surface area contributed by atoms with Crippen molar-refractivity contribution < 1.29 is 4.79 Å². The Morgan fingerprint density at radius 3 is 2.50 bits per heavy atom. The summed E-state index contributed by atoms with van der Waals surface area (Å²) in [7, 11) is 1.92. The number of rotatable bonds is 4. The van der Waals surface area contributed by atoms with Crippen molar-refractivity contribution in [2.24, 2.45) is 18.5 Å². The van der Waals surface area contributed by atoms with Crippen LogP contribution in [0.25, 0.3) is 11.0 Å². The van der Waals surface area contributed by atoms with Crippen molar-refractivity contribution in [3.05, 3.63) is 65.0 Å². The second-order valence-corrected chi connectivity index (χ2v) is 8.15. The number of hydrogen-bond donors (Lipinski definition) is 2. The smallest absolute Gasteiger partial charge is 0.246 e. The predicted octanol–water partition coefficient (Wildman–Crippen LogP) is 2.29. The summed E-state index contributed by atoms with van der Waals surface area (Å²) in [6, 6.07) is 14.6. The third-order valence-corrected chi connectivity index (χ3v) is 6.03. The number of nitrogens with zero attached hydrogens (tertiary/aromatic N) is 4. The Kier molecular flexibility index (Phi) is 5.06. The van der Waals surface area contributed by atoms with Gasteiger partial charge < -0.3 is 20.9 Å². The van der Waals surface area contributed by atoms with Crippen molar-refractivity contribution in [3.63, 3.8) is 0 Å². The maximum absolute atomic E-state index is 13.0. The van der Waals surface area contributed by atoms with Crippen molar-refractivity contribution in [1.82, 2.24) is 14.5 Å². The number of carbonyl (C=O) groups excluding carboxylic acids is 1. The van der Waals surface area contributed by atoms with Crippen LogP contribution in [0.15, 0.2) is 42.5 Å². The molecule has 0 radical (unpaired) electrons. The summed E-state index contributed by atoms with van der Waals surface area (Å²) in [5.74, 6) is 0.654. The molecule has 2 aromatic carbocycles. The van der Waals surface area contributed by atoms with Gasteiger partial charge in [0.2, 0.25) is 5.91 Å². The van der Waals surface area contributed by atoms with Crippen LogP contribution in [0.2, 0.25) is 0 Å². The van der Waals surface area contributed by atoms with E-state index in [-0.39, 0.29) is 5.91 Å². The number of aromatic nitrogens is 2. The van der Waals surface area contributed by atoms with Gasteiger partial charge in [-0.3, -0.25) is 4.79 Å². The van der Waals surface area contributed by atoms with Gasteiger partial charge in [0, 0.05) is 20.1 Å². The van der Waals surface area contributed by atoms with Crippen molar-refractivity contribution in [2.75, 3.05) is 13.1 Å². The molecular formula is C23H26N6O. The van der Waals surface area contributed by atoms with Crippen LogP contribution >= 0.6 is 0 Å². The summed E-state index contributed by atoms with van der Waals surface area (Å²) in [5, 5.41) is 8.99. The average Bonchev–Trinajstić information content (AvgIpc) is 3.41. The van der Waals surface area contributed by atoms with Crippen molar-refractivity contribution in [2.45, 2.75) is 31.3 Å². The maximum Gasteiger partial charge on any atom is 0.246 e. The SMILES string of the molecule is Cn1c(C(N)c2ccc(C#N)cc2)nc2cc(C(C)(N)C(=O)N3CCCC3)ccc21. The number of carbonyl (C=O) groups is 1. The fraction of sp³-hybridized carbons (Fsp3) is 0.348. The Hall–Kier alpha value is -3.21. The minimum absolute atomic E-state index is 0.0511. The Morgan fingerprint density at radius 1 is 1.20 bits per heavy atom. The van der Waals surface area contributed by atoms with E-state index in [1.807, 2.05) is 46.8 Å². The second-order valence-electron chi connectivity index (χ2n) is 8.15. The number of hydrogen-bond acceptors (Lipinski definition) is 5. The van der Waals surface area contributed by atoms with E-state index < -0.39 is 11.6 Å². The highest BCUT2D eigenvalue weighted by atomic mass is 16.2. The molecule has 4 N–H and O–H groups in total. The normalized spacial score (nSPS) is 17.0. The van der Waals surface area contributed by atoms with Crippen LogP contribution in [-0.2, 0) is 17.4 Å². The van der Waals surface area contributed by atoms with Crippen LogP contribution in [0.3, 0.4) is 0 Å². The molecule has 2 atom stereocenters. The highest BCUT2D eigenvalue weighted by Gasteiger charge is 2.36. The highest BCUT2D eigenvalue weighted by Crippen LogP contribution is 2.28. The first-order valence-electron chi connectivity index (χ1n) is 10.1. The lowest BCUT2D eigenvalue weighted by atomic mass is 9.91. The fourth-order valence-corrected chi connectivity index (χ4v) is 4.11. The van der Waals surface area contributed by atoms with Gasteiger partial charge in [-0.25, -0.2) is 4.98 Å². The van der Waals surface area contributed by atoms with Gasteiger partial charge in [0.1, 0.15) is 11.4 Å². The van der Waals surface area contributed by atoms with Gasteiger partial charge in [0.15, 0.2) is 0 Å². The molecule has 1 aliphatic heterocycles. The number of likely N-dealkylation sites (tertiary alicyclic amines) is 1. The van der Waals surface area contributed by atoms with Crippen molar-refractivity contribution in [1.29, 1.82) is 5.26 Å². The Balaban J connectivity index is 1.68. The summed E-state index contributed by atoms with van der Waals surface area (Å²) < 4.78 is 1.96. The third-order valence-electron chi connectivity index (χ3n) is 6.03. The first-order chi connectivity index (χ1) is 14.3. The molecule has 1 aliphatic rings. The van der Waals surface area contributed by atoms with Crippen LogP contribution in [0.1, 0.15) is 48.3 Å². The molecule has 1 saturated heterocycles. The number of imidazole rings is 1. The van der Waals surface area contributed by atoms with E-state index >= 15 is 0 Å². The van der Waals surface area contributed by atoms with E-state index in [4.69, 9.17) is 21.7 Å². The topological polar surface area (TPSA) is 114 Å². The lowest BCUT2D eigenvalue weighted by molar-refractivity contribution is -0.135. The fourth-order valence-electron chi connectivity index (χ4n) is 4.11. The summed E-state index contributed by atoms with van der Waals surface area (Å²) in [5.41, 5.74) is 15.7. The van der Waals surface area contributed by atoms with Gasteiger partial charge in [-0.05, 0) is 55.2 Å². The molecule has 0 saturated carbocycles. The van der Waals surface area contributed by atoms with E-state index in [9.17, 15) is 4.79 Å². The molecule has 30 heavy (non-hydrogen) atoms. The Morgan fingerprint density at radius 2 is 1.87 bits per heavy atom. The quantitative estimate of drug-likeness (QED) is 0.695. The number of amides is 1. The molecule has 0 spiro atoms. The molecule has 7 nitrogen and oxygen atoms in total. The number of benzene rings is 2. The average molecular weight is 403 g/mol. The zero-order chi connectivity index (χ0) is 21.5. The molecular weight excluding hydrogens is 376 g/mol. The van der Waals surface area contributed by atoms with Gasteiger partial charge in [-0.15, -0.1) is 0 Å². The molecule has 2 unspecified atom stereocenters. The Labute approximate surface area is 175 Å². The van der Waals surface area contributed by atoms with Gasteiger partial charge in [-0.2, -0.15) is 5.26 Å². The van der Waals surface area contributed by atoms with Gasteiger partial charge in [-0.1, -0.05) is 18.2 Å². The number of nitrogens with two attached hydrogens (primary N) is 2. The number of nitriles is 1. The monoisotopic (exact) mass is 402 g/mol. The zero-order valence-electron chi connectivity index (χ0n) is 17.3. The number of aryl methyl sites for hydroxylation is 1. The number of fused-ring (bicyclic) bond motifs is 1. The van der Waals surface area contributed by atoms with Crippen LogP contribution in [0.4, 0.5) is 0 Å². The van der Waals surface area contributed by atoms with Gasteiger partial charge >= 0.3 is 0 Å². The third kappa shape index (κ3) is 3.34. The van der Waals surface area contributed by atoms with Gasteiger partial charge in [0.05, 0.1) is 28.7 Å². The van der Waals surface area contributed by atoms with Crippen LogP contribution < -0.4 is 11.5 Å². The summed E-state index contributed by atoms with van der Waals surface area (Å²) in [4.78, 5) is 19.6. The molecule has 3 aromatic rings. The largest absolute Gasteiger partial charge is 0.341 e. The van der Waals surface area contributed by atoms with Crippen molar-refractivity contribution in [3.8, 4) is 6.07 Å². The molecule has 0 aliphatic carbocycles. The minimum atomic E-state index is -1.11. The van der Waals surface area contributed by atoms with Crippen LogP contribution in [-0.4, -0.2) is 33.4 Å². The molecule has 2 heterocycles. The summed E-state index contributed by atoms with van der Waals surface area (Å²) in [6.45, 7) is 3.29. The molecule has 1 amide bonds. The summed E-state index contributed by atoms with van der Waals surface area (Å²) in [6.07, 6.45) is 2.05. The van der Waals surface area contributed by atoms with E-state index in [1.54, 1.807) is 19.1 Å². The molecule has 1 fully saturated rings. The molecule has 4 rings (SSSR count). The standard InChI is InChI=1S/C23H26N6O/c1-23(26,22(30)29-11-3-4-12-29)17-9-10-19-18(13-17)27-21(28(19)2)20(25)16-7-5-15(14-24)6-8-16/h5-10,13,20H,3-4,11-12,25-26H2,1-2H3. The van der Waals surface area contributed by atoms with E-state index in [1.165, 1.54) is 0 Å². The second kappa shape index (κ2) is 7.56. The molecule has 154 valence electrons. The van der Waals surface area contributed by atoms with E-state index in [0.29, 0.717) is 11.4 Å². The van der Waals surface area contributed by atoms with E-state index in [0.717, 1.165) is 48.1 Å². The first-order valence-corrected chi connectivity index (χ1v) is 10.1. The predicted molar refractivity (Wildman–Crippen MR) is 115 cm³/mol. The molecule has 0 bridgehead atoms. The zero-order valence-corrected chi connectivity index (χ0v) is 17.3. The maximum atomic E-state index is 13.0. The lowest BCUT2D eigenvalue weighted by Gasteiger charge is -2.29. The van der Waals surface area contributed by atoms with Gasteiger partial charge in [0.25, 0.3) is 0 Å². The lowest BCUT2D eigenvalue weighted by Crippen LogP contribution is -2.50.